The van der Waals surface area contributed by atoms with Crippen molar-refractivity contribution in [2.45, 2.75) is 83.5 Å². The molecule has 2 aliphatic rings. The highest BCUT2D eigenvalue weighted by Gasteiger charge is 2.51. The molecule has 2 heterocycles. The lowest BCUT2D eigenvalue weighted by atomic mass is 9.79. The summed E-state index contributed by atoms with van der Waals surface area (Å²) in [5, 5.41) is 2.72. The Morgan fingerprint density at radius 2 is 1.58 bits per heavy atom. The van der Waals surface area contributed by atoms with E-state index in [0.717, 1.165) is 5.46 Å². The Labute approximate surface area is 196 Å². The minimum atomic E-state index is -0.947. The van der Waals surface area contributed by atoms with Crippen LogP contribution in [0.2, 0.25) is 0 Å². The zero-order valence-corrected chi connectivity index (χ0v) is 20.7. The highest BCUT2D eigenvalue weighted by Crippen LogP contribution is 2.36. The van der Waals surface area contributed by atoms with Gasteiger partial charge in [-0.3, -0.25) is 5.32 Å². The van der Waals surface area contributed by atoms with Crippen molar-refractivity contribution in [2.75, 3.05) is 26.1 Å². The number of ether oxygens (including phenoxy) is 5. The third kappa shape index (κ3) is 5.53. The molecule has 0 bridgehead atoms. The van der Waals surface area contributed by atoms with Gasteiger partial charge in [-0.1, -0.05) is 12.1 Å². The normalized spacial score (nSPS) is 30.8. The van der Waals surface area contributed by atoms with E-state index in [2.05, 4.69) is 5.32 Å². The Kier molecular flexibility index (Phi) is 8.09. The minimum absolute atomic E-state index is 0.347. The molecule has 0 aromatic heterocycles. The van der Waals surface area contributed by atoms with Crippen molar-refractivity contribution in [1.82, 2.24) is 0 Å². The Balaban J connectivity index is 1.62. The molecule has 1 amide bonds. The summed E-state index contributed by atoms with van der Waals surface area (Å²) >= 11 is 0. The Morgan fingerprint density at radius 3 is 2.09 bits per heavy atom. The number of amides is 1. The van der Waals surface area contributed by atoms with E-state index >= 15 is 0 Å². The van der Waals surface area contributed by atoms with E-state index in [9.17, 15) is 4.79 Å². The summed E-state index contributed by atoms with van der Waals surface area (Å²) in [7, 11) is 2.63. The number of anilines is 1. The second-order valence-electron chi connectivity index (χ2n) is 9.27. The van der Waals surface area contributed by atoms with Crippen LogP contribution in [0.1, 0.15) is 41.5 Å². The van der Waals surface area contributed by atoms with E-state index in [0.29, 0.717) is 12.3 Å². The van der Waals surface area contributed by atoms with Gasteiger partial charge in [0.05, 0.1) is 17.3 Å². The Morgan fingerprint density at radius 1 is 1.00 bits per heavy atom. The van der Waals surface area contributed by atoms with Crippen LogP contribution in [0.15, 0.2) is 24.3 Å². The molecule has 1 aromatic carbocycles. The molecule has 3 rings (SSSR count). The second kappa shape index (κ2) is 10.3. The average molecular weight is 465 g/mol. The molecule has 10 heteroatoms. The molecule has 5 atom stereocenters. The van der Waals surface area contributed by atoms with Crippen LogP contribution in [0, 0.1) is 0 Å². The predicted octanol–water partition coefficient (Wildman–Crippen LogP) is 2.71. The molecule has 9 nitrogen and oxygen atoms in total. The maximum atomic E-state index is 12.6. The molecule has 0 saturated carbocycles. The fourth-order valence-corrected chi connectivity index (χ4v) is 3.98. The summed E-state index contributed by atoms with van der Waals surface area (Å²) in [5.74, 6) is 0. The fraction of sp³-hybridized carbons (Fsp3) is 0.696. The van der Waals surface area contributed by atoms with Gasteiger partial charge in [-0.2, -0.15) is 0 Å². The number of carbonyl (C=O) groups is 1. The number of hydrogen-bond acceptors (Lipinski definition) is 8. The third-order valence-corrected chi connectivity index (χ3v) is 6.54. The van der Waals surface area contributed by atoms with E-state index in [1.54, 1.807) is 19.2 Å². The number of carbonyl (C=O) groups excluding carboxylic acids is 1. The van der Waals surface area contributed by atoms with Crippen molar-refractivity contribution in [2.24, 2.45) is 0 Å². The van der Waals surface area contributed by atoms with Gasteiger partial charge in [0.2, 0.25) is 6.29 Å². The lowest BCUT2D eigenvalue weighted by molar-refractivity contribution is -0.292. The molecule has 2 saturated heterocycles. The van der Waals surface area contributed by atoms with Crippen molar-refractivity contribution >= 4 is 24.4 Å². The minimum Gasteiger partial charge on any atom is -0.416 e. The van der Waals surface area contributed by atoms with E-state index in [1.165, 1.54) is 7.11 Å². The van der Waals surface area contributed by atoms with E-state index < -0.39 is 42.9 Å². The largest absolute Gasteiger partial charge is 0.494 e. The molecule has 0 radical (unpaired) electrons. The summed E-state index contributed by atoms with van der Waals surface area (Å²) < 4.78 is 40.4. The molecule has 1 N–H and O–H groups in total. The topological polar surface area (TPSA) is 93.7 Å². The third-order valence-electron chi connectivity index (χ3n) is 6.54. The van der Waals surface area contributed by atoms with Gasteiger partial charge in [0, 0.05) is 26.5 Å². The van der Waals surface area contributed by atoms with E-state index in [4.69, 9.17) is 33.0 Å². The lowest BCUT2D eigenvalue weighted by Crippen LogP contribution is -2.60. The fourth-order valence-electron chi connectivity index (χ4n) is 3.98. The molecule has 0 spiro atoms. The van der Waals surface area contributed by atoms with Crippen LogP contribution >= 0.6 is 0 Å². The lowest BCUT2D eigenvalue weighted by Gasteiger charge is -2.43. The first-order valence-corrected chi connectivity index (χ1v) is 11.3. The highest BCUT2D eigenvalue weighted by atomic mass is 16.7. The van der Waals surface area contributed by atoms with Crippen molar-refractivity contribution in [3.63, 3.8) is 0 Å². The Hall–Kier alpha value is -1.69. The SMILES string of the molecule is CCOC1C(OC)C(C)OC(OC(=O)Nc2ccc(B3OC(C)(C)C(C)(C)O3)cc2)C1OC. The first-order valence-electron chi connectivity index (χ1n) is 11.3. The number of methoxy groups -OCH3 is 2. The zero-order valence-electron chi connectivity index (χ0n) is 20.7. The van der Waals surface area contributed by atoms with Gasteiger partial charge in [0.25, 0.3) is 0 Å². The summed E-state index contributed by atoms with van der Waals surface area (Å²) in [6.07, 6.45) is -3.38. The first kappa shape index (κ1) is 25.9. The van der Waals surface area contributed by atoms with Crippen LogP contribution in [0.25, 0.3) is 0 Å². The molecule has 2 fully saturated rings. The molecule has 184 valence electrons. The second-order valence-corrected chi connectivity index (χ2v) is 9.27. The molecule has 0 aliphatic carbocycles. The van der Waals surface area contributed by atoms with Crippen LogP contribution in [0.3, 0.4) is 0 Å². The Bertz CT molecular complexity index is 786. The van der Waals surface area contributed by atoms with E-state index in [1.807, 2.05) is 53.7 Å². The first-order chi connectivity index (χ1) is 15.5. The molecule has 2 aliphatic heterocycles. The van der Waals surface area contributed by atoms with Crippen LogP contribution in [0.4, 0.5) is 10.5 Å². The summed E-state index contributed by atoms with van der Waals surface area (Å²) in [4.78, 5) is 12.6. The van der Waals surface area contributed by atoms with Gasteiger partial charge in [-0.25, -0.2) is 4.79 Å². The van der Waals surface area contributed by atoms with Crippen molar-refractivity contribution in [3.05, 3.63) is 24.3 Å². The summed E-state index contributed by atoms with van der Waals surface area (Å²) in [5.41, 5.74) is 0.583. The van der Waals surface area contributed by atoms with Gasteiger partial charge in [0.1, 0.15) is 18.3 Å². The van der Waals surface area contributed by atoms with E-state index in [-0.39, 0.29) is 12.2 Å². The van der Waals surface area contributed by atoms with Crippen LogP contribution in [0.5, 0.6) is 0 Å². The molecule has 33 heavy (non-hydrogen) atoms. The van der Waals surface area contributed by atoms with Gasteiger partial charge in [-0.15, -0.1) is 0 Å². The van der Waals surface area contributed by atoms with Gasteiger partial charge in [-0.05, 0) is 59.1 Å². The van der Waals surface area contributed by atoms with Gasteiger partial charge < -0.3 is 33.0 Å². The smallest absolute Gasteiger partial charge is 0.416 e. The number of rotatable bonds is 7. The summed E-state index contributed by atoms with van der Waals surface area (Å²) in [6.45, 7) is 12.2. The van der Waals surface area contributed by atoms with Crippen molar-refractivity contribution < 1.29 is 37.8 Å². The molecule has 1 aromatic rings. The highest BCUT2D eigenvalue weighted by molar-refractivity contribution is 6.62. The van der Waals surface area contributed by atoms with Crippen molar-refractivity contribution in [3.8, 4) is 0 Å². The molecular formula is C23H36BNO8. The van der Waals surface area contributed by atoms with Crippen LogP contribution in [-0.2, 0) is 33.0 Å². The summed E-state index contributed by atoms with van der Waals surface area (Å²) in [6, 6.07) is 7.24. The monoisotopic (exact) mass is 465 g/mol. The van der Waals surface area contributed by atoms with Gasteiger partial charge in [0.15, 0.2) is 0 Å². The predicted molar refractivity (Wildman–Crippen MR) is 124 cm³/mol. The maximum Gasteiger partial charge on any atom is 0.494 e. The van der Waals surface area contributed by atoms with Gasteiger partial charge >= 0.3 is 13.2 Å². The zero-order chi connectivity index (χ0) is 24.4. The number of hydrogen-bond donors (Lipinski definition) is 1. The molecular weight excluding hydrogens is 429 g/mol. The van der Waals surface area contributed by atoms with Crippen molar-refractivity contribution in [1.29, 1.82) is 0 Å². The standard InChI is InChI=1S/C23H36BNO8/c1-9-29-18-17(27-7)14(2)30-20(19(18)28-8)31-21(26)25-16-12-10-15(11-13-16)24-32-22(3,4)23(5,6)33-24/h10-14,17-20H,9H2,1-8H3,(H,25,26). The maximum absolute atomic E-state index is 12.6. The van der Waals surface area contributed by atoms with Crippen LogP contribution < -0.4 is 10.8 Å². The molecule has 5 unspecified atom stereocenters. The number of benzene rings is 1. The quantitative estimate of drug-likeness (QED) is 0.615. The average Bonchev–Trinajstić information content (AvgIpc) is 2.96. The number of nitrogens with one attached hydrogen (secondary N) is 1. The van der Waals surface area contributed by atoms with Crippen LogP contribution in [-0.4, -0.2) is 75.9 Å².